The lowest BCUT2D eigenvalue weighted by molar-refractivity contribution is 0.0944. The van der Waals surface area contributed by atoms with Crippen LogP contribution in [0, 0.1) is 19.8 Å². The Morgan fingerprint density at radius 3 is 2.96 bits per heavy atom. The Bertz CT molecular complexity index is 712. The topological polar surface area (TPSA) is 43.3 Å². The normalized spacial score (nSPS) is 17.8. The lowest BCUT2D eigenvalue weighted by atomic mass is 10.0. The number of aromatic nitrogens is 1. The molecule has 1 aliphatic rings. The van der Waals surface area contributed by atoms with Crippen molar-refractivity contribution in [1.82, 2.24) is 9.88 Å². The molecule has 1 N–H and O–H groups in total. The second-order valence-electron chi connectivity index (χ2n) is 6.68. The molecule has 1 aliphatic heterocycles. The van der Waals surface area contributed by atoms with Crippen LogP contribution < -0.4 is 5.32 Å². The first kappa shape index (κ1) is 16.1. The van der Waals surface area contributed by atoms with Crippen LogP contribution in [0.2, 0.25) is 0 Å². The standard InChI is InChI=1S/C19H26N2O2/c1-13-6-7-17-16(11-13)14(2)18(21(17)3)19(22)20-9-4-5-15-8-10-23-12-15/h6-7,11,15H,4-5,8-10,12H2,1-3H3,(H,20,22)/t15-/m0/s1. The van der Waals surface area contributed by atoms with Gasteiger partial charge in [0.05, 0.1) is 0 Å². The van der Waals surface area contributed by atoms with Gasteiger partial charge in [-0.1, -0.05) is 11.6 Å². The average molecular weight is 314 g/mol. The van der Waals surface area contributed by atoms with Crippen molar-refractivity contribution in [1.29, 1.82) is 0 Å². The molecule has 4 heteroatoms. The fraction of sp³-hybridized carbons (Fsp3) is 0.526. The van der Waals surface area contributed by atoms with E-state index in [1.54, 1.807) is 0 Å². The van der Waals surface area contributed by atoms with Crippen molar-refractivity contribution in [2.24, 2.45) is 13.0 Å². The van der Waals surface area contributed by atoms with E-state index in [-0.39, 0.29) is 5.91 Å². The molecule has 2 heterocycles. The van der Waals surface area contributed by atoms with Crippen LogP contribution >= 0.6 is 0 Å². The minimum Gasteiger partial charge on any atom is -0.381 e. The molecule has 3 rings (SSSR count). The largest absolute Gasteiger partial charge is 0.381 e. The molecule has 4 nitrogen and oxygen atoms in total. The summed E-state index contributed by atoms with van der Waals surface area (Å²) in [6.45, 7) is 6.63. The summed E-state index contributed by atoms with van der Waals surface area (Å²) in [7, 11) is 1.97. The summed E-state index contributed by atoms with van der Waals surface area (Å²) in [5, 5.41) is 4.25. The molecule has 23 heavy (non-hydrogen) atoms. The Balaban J connectivity index is 1.66. The van der Waals surface area contributed by atoms with E-state index >= 15 is 0 Å². The van der Waals surface area contributed by atoms with Gasteiger partial charge in [0, 0.05) is 37.7 Å². The highest BCUT2D eigenvalue weighted by Crippen LogP contribution is 2.25. The van der Waals surface area contributed by atoms with E-state index in [4.69, 9.17) is 4.74 Å². The van der Waals surface area contributed by atoms with E-state index in [0.717, 1.165) is 55.8 Å². The summed E-state index contributed by atoms with van der Waals surface area (Å²) in [5.41, 5.74) is 4.17. The van der Waals surface area contributed by atoms with Crippen LogP contribution in [0.5, 0.6) is 0 Å². The van der Waals surface area contributed by atoms with Gasteiger partial charge in [0.1, 0.15) is 5.69 Å². The number of carbonyl (C=O) groups is 1. The Kier molecular flexibility index (Phi) is 4.71. The van der Waals surface area contributed by atoms with Crippen molar-refractivity contribution in [3.8, 4) is 0 Å². The zero-order chi connectivity index (χ0) is 16.4. The molecular weight excluding hydrogens is 288 g/mol. The van der Waals surface area contributed by atoms with Crippen LogP contribution in [0.3, 0.4) is 0 Å². The highest BCUT2D eigenvalue weighted by atomic mass is 16.5. The van der Waals surface area contributed by atoms with Crippen LogP contribution in [0.4, 0.5) is 0 Å². The van der Waals surface area contributed by atoms with Crippen LogP contribution in [-0.4, -0.2) is 30.2 Å². The monoisotopic (exact) mass is 314 g/mol. The molecule has 0 bridgehead atoms. The van der Waals surface area contributed by atoms with Crippen molar-refractivity contribution >= 4 is 16.8 Å². The third-order valence-electron chi connectivity index (χ3n) is 4.92. The molecule has 1 aromatic heterocycles. The third-order valence-corrected chi connectivity index (χ3v) is 4.92. The number of aryl methyl sites for hydroxylation is 3. The van der Waals surface area contributed by atoms with Gasteiger partial charge in [-0.25, -0.2) is 0 Å². The molecule has 0 aliphatic carbocycles. The SMILES string of the molecule is Cc1ccc2c(c1)c(C)c(C(=O)NCCC[C@H]1CCOC1)n2C. The van der Waals surface area contributed by atoms with Gasteiger partial charge in [-0.2, -0.15) is 0 Å². The van der Waals surface area contributed by atoms with E-state index in [1.807, 2.05) is 18.5 Å². The molecule has 1 aromatic carbocycles. The quantitative estimate of drug-likeness (QED) is 0.860. The number of hydrogen-bond donors (Lipinski definition) is 1. The number of amides is 1. The smallest absolute Gasteiger partial charge is 0.268 e. The maximum atomic E-state index is 12.6. The molecule has 0 saturated carbocycles. The number of hydrogen-bond acceptors (Lipinski definition) is 2. The Morgan fingerprint density at radius 2 is 2.22 bits per heavy atom. The van der Waals surface area contributed by atoms with E-state index < -0.39 is 0 Å². The van der Waals surface area contributed by atoms with E-state index in [9.17, 15) is 4.79 Å². The molecule has 1 saturated heterocycles. The predicted octanol–water partition coefficient (Wildman–Crippen LogP) is 3.34. The minimum absolute atomic E-state index is 0.0292. The lowest BCUT2D eigenvalue weighted by Gasteiger charge is -2.09. The summed E-state index contributed by atoms with van der Waals surface area (Å²) in [5.74, 6) is 0.704. The molecule has 1 amide bonds. The first-order valence-electron chi connectivity index (χ1n) is 8.49. The molecule has 1 atom stereocenters. The highest BCUT2D eigenvalue weighted by Gasteiger charge is 2.19. The summed E-state index contributed by atoms with van der Waals surface area (Å²) in [6, 6.07) is 6.34. The van der Waals surface area contributed by atoms with Crippen LogP contribution in [-0.2, 0) is 11.8 Å². The van der Waals surface area contributed by atoms with Crippen molar-refractivity contribution < 1.29 is 9.53 Å². The number of benzene rings is 1. The zero-order valence-corrected chi connectivity index (χ0v) is 14.3. The molecule has 0 unspecified atom stereocenters. The molecule has 1 fully saturated rings. The Morgan fingerprint density at radius 1 is 1.39 bits per heavy atom. The predicted molar refractivity (Wildman–Crippen MR) is 92.9 cm³/mol. The fourth-order valence-electron chi connectivity index (χ4n) is 3.55. The second kappa shape index (κ2) is 6.75. The highest BCUT2D eigenvalue weighted by molar-refractivity contribution is 6.01. The summed E-state index contributed by atoms with van der Waals surface area (Å²) >= 11 is 0. The van der Waals surface area contributed by atoms with Gasteiger partial charge in [-0.15, -0.1) is 0 Å². The number of nitrogens with one attached hydrogen (secondary N) is 1. The first-order valence-corrected chi connectivity index (χ1v) is 8.49. The number of rotatable bonds is 5. The van der Waals surface area contributed by atoms with Gasteiger partial charge in [0.2, 0.25) is 0 Å². The van der Waals surface area contributed by atoms with E-state index in [0.29, 0.717) is 5.92 Å². The fourth-order valence-corrected chi connectivity index (χ4v) is 3.55. The number of nitrogens with zero attached hydrogens (tertiary/aromatic N) is 1. The third kappa shape index (κ3) is 3.27. The van der Waals surface area contributed by atoms with Gasteiger partial charge in [0.25, 0.3) is 5.91 Å². The van der Waals surface area contributed by atoms with E-state index in [1.165, 1.54) is 10.9 Å². The lowest BCUT2D eigenvalue weighted by Crippen LogP contribution is -2.27. The molecular formula is C19H26N2O2. The minimum atomic E-state index is 0.0292. The number of carbonyl (C=O) groups excluding carboxylic acids is 1. The van der Waals surface area contributed by atoms with Crippen LogP contribution in [0.1, 0.15) is 40.9 Å². The second-order valence-corrected chi connectivity index (χ2v) is 6.68. The molecule has 0 spiro atoms. The maximum absolute atomic E-state index is 12.6. The van der Waals surface area contributed by atoms with Gasteiger partial charge >= 0.3 is 0 Å². The van der Waals surface area contributed by atoms with Gasteiger partial charge in [-0.3, -0.25) is 4.79 Å². The van der Waals surface area contributed by atoms with Crippen LogP contribution in [0.15, 0.2) is 18.2 Å². The number of ether oxygens (including phenoxy) is 1. The maximum Gasteiger partial charge on any atom is 0.268 e. The van der Waals surface area contributed by atoms with Gasteiger partial charge in [-0.05, 0) is 56.7 Å². The van der Waals surface area contributed by atoms with Crippen molar-refractivity contribution in [2.75, 3.05) is 19.8 Å². The first-order chi connectivity index (χ1) is 11.1. The average Bonchev–Trinajstić information content (AvgIpc) is 3.12. The molecule has 2 aromatic rings. The van der Waals surface area contributed by atoms with Crippen LogP contribution in [0.25, 0.3) is 10.9 Å². The van der Waals surface area contributed by atoms with Gasteiger partial charge in [0.15, 0.2) is 0 Å². The summed E-state index contributed by atoms with van der Waals surface area (Å²) in [6.07, 6.45) is 3.31. The molecule has 124 valence electrons. The van der Waals surface area contributed by atoms with Crippen molar-refractivity contribution in [2.45, 2.75) is 33.1 Å². The van der Waals surface area contributed by atoms with Gasteiger partial charge < -0.3 is 14.6 Å². The zero-order valence-electron chi connectivity index (χ0n) is 14.3. The molecule has 0 radical (unpaired) electrons. The van der Waals surface area contributed by atoms with Crippen molar-refractivity contribution in [3.63, 3.8) is 0 Å². The Hall–Kier alpha value is -1.81. The number of fused-ring (bicyclic) bond motifs is 1. The van der Waals surface area contributed by atoms with Crippen molar-refractivity contribution in [3.05, 3.63) is 35.0 Å². The summed E-state index contributed by atoms with van der Waals surface area (Å²) < 4.78 is 7.39. The summed E-state index contributed by atoms with van der Waals surface area (Å²) in [4.78, 5) is 12.6. The van der Waals surface area contributed by atoms with E-state index in [2.05, 4.69) is 30.4 Å². The Labute approximate surface area is 137 Å².